The molecule has 0 fully saturated rings. The third kappa shape index (κ3) is 5.28. The molecule has 11 heteroatoms. The Kier molecular flexibility index (Phi) is 6.31. The Labute approximate surface area is 182 Å². The van der Waals surface area contributed by atoms with Crippen molar-refractivity contribution < 1.29 is 31.5 Å². The van der Waals surface area contributed by atoms with Gasteiger partial charge in [0.2, 0.25) is 0 Å². The second kappa shape index (κ2) is 8.65. The molecule has 1 aromatic heterocycles. The third-order valence-electron chi connectivity index (χ3n) is 4.89. The molecular weight excluding hydrogens is 447 g/mol. The van der Waals surface area contributed by atoms with Gasteiger partial charge in [-0.2, -0.15) is 18.3 Å². The smallest absolute Gasteiger partial charge is 0.416 e. The van der Waals surface area contributed by atoms with Crippen LogP contribution in [0.3, 0.4) is 0 Å². The molecular formula is C21H20F3N3O4S. The minimum absolute atomic E-state index is 0.123. The molecule has 0 aliphatic carbocycles. The Morgan fingerprint density at radius 2 is 1.66 bits per heavy atom. The van der Waals surface area contributed by atoms with E-state index in [0.717, 1.165) is 23.4 Å². The Balaban J connectivity index is 1.73. The summed E-state index contributed by atoms with van der Waals surface area (Å²) < 4.78 is 66.9. The topological polar surface area (TPSA) is 101 Å². The van der Waals surface area contributed by atoms with Gasteiger partial charge in [-0.15, -0.1) is 0 Å². The predicted octanol–water partition coefficient (Wildman–Crippen LogP) is 3.99. The van der Waals surface area contributed by atoms with Crippen LogP contribution in [0.1, 0.15) is 28.1 Å². The van der Waals surface area contributed by atoms with Crippen molar-refractivity contribution in [3.05, 3.63) is 76.6 Å². The quantitative estimate of drug-likeness (QED) is 0.547. The fraction of sp³-hybridized carbons (Fsp3) is 0.238. The maximum Gasteiger partial charge on any atom is 0.416 e. The highest BCUT2D eigenvalue weighted by molar-refractivity contribution is 7.92. The molecule has 3 rings (SSSR count). The lowest BCUT2D eigenvalue weighted by atomic mass is 10.1. The third-order valence-corrected chi connectivity index (χ3v) is 6.29. The summed E-state index contributed by atoms with van der Waals surface area (Å²) in [5.41, 5.74) is 2.13. The van der Waals surface area contributed by atoms with E-state index >= 15 is 0 Å². The lowest BCUT2D eigenvalue weighted by Gasteiger charge is -2.11. The van der Waals surface area contributed by atoms with Crippen molar-refractivity contribution in [3.63, 3.8) is 0 Å². The average Bonchev–Trinajstić information content (AvgIpc) is 2.96. The van der Waals surface area contributed by atoms with E-state index in [1.165, 1.54) is 12.1 Å². The van der Waals surface area contributed by atoms with Crippen LogP contribution in [0.4, 0.5) is 18.9 Å². The van der Waals surface area contributed by atoms with E-state index in [1.807, 2.05) is 0 Å². The van der Waals surface area contributed by atoms with Crippen LogP contribution in [-0.4, -0.2) is 29.3 Å². The minimum Gasteiger partial charge on any atom is -0.481 e. The molecule has 0 atom stereocenters. The van der Waals surface area contributed by atoms with E-state index in [1.54, 1.807) is 30.7 Å². The molecule has 0 radical (unpaired) electrons. The second-order valence-corrected chi connectivity index (χ2v) is 8.88. The number of hydrogen-bond donors (Lipinski definition) is 2. The van der Waals surface area contributed by atoms with Crippen LogP contribution in [0.25, 0.3) is 0 Å². The average molecular weight is 467 g/mol. The van der Waals surface area contributed by atoms with Crippen molar-refractivity contribution in [1.29, 1.82) is 0 Å². The SMILES string of the molecule is Cc1nn(Cc2ccc(NS(=O)(=O)c3ccc(C(F)(F)F)cc3)cc2)c(C)c1CC(=O)O. The number of alkyl halides is 3. The zero-order chi connectivity index (χ0) is 23.7. The number of benzene rings is 2. The lowest BCUT2D eigenvalue weighted by Crippen LogP contribution is -2.14. The molecule has 0 bridgehead atoms. The van der Waals surface area contributed by atoms with Crippen LogP contribution in [0, 0.1) is 13.8 Å². The number of carboxylic acids is 1. The van der Waals surface area contributed by atoms with Gasteiger partial charge in [0.1, 0.15) is 0 Å². The number of carbonyl (C=O) groups is 1. The van der Waals surface area contributed by atoms with E-state index in [-0.39, 0.29) is 17.0 Å². The number of sulfonamides is 1. The fourth-order valence-corrected chi connectivity index (χ4v) is 4.24. The van der Waals surface area contributed by atoms with Crippen molar-refractivity contribution in [2.75, 3.05) is 4.72 Å². The molecule has 1 heterocycles. The van der Waals surface area contributed by atoms with Crippen LogP contribution in [-0.2, 0) is 34.0 Å². The largest absolute Gasteiger partial charge is 0.481 e. The Bertz CT molecular complexity index is 1230. The first kappa shape index (κ1) is 23.3. The van der Waals surface area contributed by atoms with Gasteiger partial charge in [-0.3, -0.25) is 14.2 Å². The molecule has 170 valence electrons. The van der Waals surface area contributed by atoms with Gasteiger partial charge in [0.05, 0.1) is 29.1 Å². The van der Waals surface area contributed by atoms with Gasteiger partial charge in [0, 0.05) is 16.9 Å². The number of anilines is 1. The molecule has 0 saturated heterocycles. The first-order chi connectivity index (χ1) is 14.9. The molecule has 0 unspecified atom stereocenters. The van der Waals surface area contributed by atoms with Crippen molar-refractivity contribution >= 4 is 21.7 Å². The summed E-state index contributed by atoms with van der Waals surface area (Å²) in [4.78, 5) is 10.7. The highest BCUT2D eigenvalue weighted by Crippen LogP contribution is 2.30. The Morgan fingerprint density at radius 3 is 2.19 bits per heavy atom. The molecule has 3 aromatic rings. The monoisotopic (exact) mass is 467 g/mol. The number of halogens is 3. The van der Waals surface area contributed by atoms with Crippen LogP contribution in [0.5, 0.6) is 0 Å². The molecule has 0 saturated carbocycles. The molecule has 7 nitrogen and oxygen atoms in total. The number of nitrogens with one attached hydrogen (secondary N) is 1. The first-order valence-electron chi connectivity index (χ1n) is 9.40. The van der Waals surface area contributed by atoms with Crippen molar-refractivity contribution in [3.8, 4) is 0 Å². The van der Waals surface area contributed by atoms with E-state index in [2.05, 4.69) is 9.82 Å². The van der Waals surface area contributed by atoms with Crippen molar-refractivity contribution in [2.24, 2.45) is 0 Å². The van der Waals surface area contributed by atoms with Gasteiger partial charge in [-0.1, -0.05) is 12.1 Å². The van der Waals surface area contributed by atoms with Crippen LogP contribution in [0.2, 0.25) is 0 Å². The molecule has 32 heavy (non-hydrogen) atoms. The van der Waals surface area contributed by atoms with Crippen LogP contribution >= 0.6 is 0 Å². The molecule has 2 N–H and O–H groups in total. The lowest BCUT2D eigenvalue weighted by molar-refractivity contribution is -0.138. The molecule has 0 amide bonds. The van der Waals surface area contributed by atoms with E-state index in [4.69, 9.17) is 5.11 Å². The summed E-state index contributed by atoms with van der Waals surface area (Å²) in [6.07, 6.45) is -4.67. The first-order valence-corrected chi connectivity index (χ1v) is 10.9. The standard InChI is InChI=1S/C21H20F3N3O4S/c1-13-19(11-20(28)29)14(2)27(25-13)12-15-3-7-17(8-4-15)26-32(30,31)18-9-5-16(6-10-18)21(22,23)24/h3-10,26H,11-12H2,1-2H3,(H,28,29). The zero-order valence-corrected chi connectivity index (χ0v) is 18.0. The van der Waals surface area contributed by atoms with Gasteiger partial charge in [0.15, 0.2) is 0 Å². The summed E-state index contributed by atoms with van der Waals surface area (Å²) in [5.74, 6) is -0.944. The van der Waals surface area contributed by atoms with E-state index in [9.17, 15) is 26.4 Å². The van der Waals surface area contributed by atoms with E-state index in [0.29, 0.717) is 29.9 Å². The molecule has 2 aromatic carbocycles. The summed E-state index contributed by atoms with van der Waals surface area (Å²) in [6.45, 7) is 3.88. The number of nitrogens with zero attached hydrogens (tertiary/aromatic N) is 2. The maximum absolute atomic E-state index is 12.7. The van der Waals surface area contributed by atoms with Crippen LogP contribution < -0.4 is 4.72 Å². The summed E-state index contributed by atoms with van der Waals surface area (Å²) >= 11 is 0. The number of aliphatic carboxylic acids is 1. The van der Waals surface area contributed by atoms with Crippen molar-refractivity contribution in [2.45, 2.75) is 37.9 Å². The number of aryl methyl sites for hydroxylation is 1. The van der Waals surface area contributed by atoms with Gasteiger partial charge in [0.25, 0.3) is 10.0 Å². The zero-order valence-electron chi connectivity index (χ0n) is 17.1. The summed E-state index contributed by atoms with van der Waals surface area (Å²) in [6, 6.07) is 9.64. The number of rotatable bonds is 7. The molecule has 0 spiro atoms. The second-order valence-electron chi connectivity index (χ2n) is 7.20. The molecule has 0 aliphatic rings. The number of hydrogen-bond acceptors (Lipinski definition) is 4. The normalized spacial score (nSPS) is 12.0. The van der Waals surface area contributed by atoms with E-state index < -0.39 is 27.7 Å². The maximum atomic E-state index is 12.7. The van der Waals surface area contributed by atoms with Gasteiger partial charge in [-0.05, 0) is 55.8 Å². The van der Waals surface area contributed by atoms with Crippen LogP contribution in [0.15, 0.2) is 53.4 Å². The highest BCUT2D eigenvalue weighted by atomic mass is 32.2. The molecule has 0 aliphatic heterocycles. The summed E-state index contributed by atoms with van der Waals surface area (Å²) in [7, 11) is -4.06. The number of carboxylic acid groups (broad SMARTS) is 1. The van der Waals surface area contributed by atoms with Crippen molar-refractivity contribution in [1.82, 2.24) is 9.78 Å². The fourth-order valence-electron chi connectivity index (χ4n) is 3.18. The highest BCUT2D eigenvalue weighted by Gasteiger charge is 2.30. The Hall–Kier alpha value is -3.34. The Morgan fingerprint density at radius 1 is 1.06 bits per heavy atom. The minimum atomic E-state index is -4.55. The predicted molar refractivity (Wildman–Crippen MR) is 111 cm³/mol. The van der Waals surface area contributed by atoms with Gasteiger partial charge in [-0.25, -0.2) is 8.42 Å². The van der Waals surface area contributed by atoms with Gasteiger partial charge >= 0.3 is 12.1 Å². The summed E-state index contributed by atoms with van der Waals surface area (Å²) in [5, 5.41) is 13.4. The number of aromatic nitrogens is 2. The van der Waals surface area contributed by atoms with Gasteiger partial charge < -0.3 is 5.11 Å².